The Kier molecular flexibility index (Phi) is 3.13. The first kappa shape index (κ1) is 10.4. The summed E-state index contributed by atoms with van der Waals surface area (Å²) < 4.78 is 5.62. The first-order chi connectivity index (χ1) is 6.74. The molecule has 1 saturated carbocycles. The summed E-state index contributed by atoms with van der Waals surface area (Å²) in [5.74, 6) is 0.556. The van der Waals surface area contributed by atoms with Crippen LogP contribution in [0.4, 0.5) is 0 Å². The summed E-state index contributed by atoms with van der Waals surface area (Å²) in [4.78, 5) is 0. The smallest absolute Gasteiger partial charge is 0.0722 e. The Morgan fingerprint density at radius 1 is 1.36 bits per heavy atom. The molecule has 0 aromatic heterocycles. The molecule has 0 bridgehead atoms. The third-order valence-corrected chi connectivity index (χ3v) is 4.04. The quantitative estimate of drug-likeness (QED) is 0.738. The van der Waals surface area contributed by atoms with Gasteiger partial charge in [0, 0.05) is 13.0 Å². The van der Waals surface area contributed by atoms with Crippen LogP contribution in [0, 0.1) is 5.92 Å². The van der Waals surface area contributed by atoms with Gasteiger partial charge in [0.25, 0.3) is 0 Å². The minimum absolute atomic E-state index is 0.300. The van der Waals surface area contributed by atoms with E-state index in [1.165, 1.54) is 25.7 Å². The lowest BCUT2D eigenvalue weighted by Gasteiger charge is -2.40. The van der Waals surface area contributed by atoms with E-state index >= 15 is 0 Å². The Bertz CT molecular complexity index is 187. The fourth-order valence-corrected chi connectivity index (χ4v) is 3.05. The number of rotatable bonds is 2. The van der Waals surface area contributed by atoms with Gasteiger partial charge < -0.3 is 9.84 Å². The van der Waals surface area contributed by atoms with Crippen LogP contribution in [0.25, 0.3) is 0 Å². The summed E-state index contributed by atoms with van der Waals surface area (Å²) in [5, 5.41) is 10.6. The molecule has 2 heteroatoms. The van der Waals surface area contributed by atoms with Crippen molar-refractivity contribution in [3.05, 3.63) is 0 Å². The van der Waals surface area contributed by atoms with E-state index in [4.69, 9.17) is 4.74 Å². The molecule has 1 aliphatic heterocycles. The summed E-state index contributed by atoms with van der Waals surface area (Å²) in [5.41, 5.74) is -0.393. The van der Waals surface area contributed by atoms with Crippen molar-refractivity contribution in [1.29, 1.82) is 0 Å². The van der Waals surface area contributed by atoms with Crippen LogP contribution in [0.3, 0.4) is 0 Å². The SMILES string of the molecule is CCC1CC(O)(C2CCCC2)CCO1. The van der Waals surface area contributed by atoms with Gasteiger partial charge in [0.05, 0.1) is 11.7 Å². The van der Waals surface area contributed by atoms with Crippen LogP contribution in [0.5, 0.6) is 0 Å². The molecule has 2 nitrogen and oxygen atoms in total. The van der Waals surface area contributed by atoms with E-state index in [0.29, 0.717) is 12.0 Å². The zero-order valence-electron chi connectivity index (χ0n) is 9.17. The predicted octanol–water partition coefficient (Wildman–Crippen LogP) is 2.50. The molecule has 1 aliphatic carbocycles. The normalized spacial score (nSPS) is 40.3. The van der Waals surface area contributed by atoms with Crippen molar-refractivity contribution in [3.8, 4) is 0 Å². The molecule has 2 rings (SSSR count). The highest BCUT2D eigenvalue weighted by molar-refractivity contribution is 4.93. The topological polar surface area (TPSA) is 29.5 Å². The number of hydrogen-bond donors (Lipinski definition) is 1. The number of hydrogen-bond acceptors (Lipinski definition) is 2. The van der Waals surface area contributed by atoms with Crippen LogP contribution < -0.4 is 0 Å². The Labute approximate surface area is 86.6 Å². The van der Waals surface area contributed by atoms with Crippen molar-refractivity contribution in [1.82, 2.24) is 0 Å². The maximum atomic E-state index is 10.6. The Morgan fingerprint density at radius 3 is 2.71 bits per heavy atom. The summed E-state index contributed by atoms with van der Waals surface area (Å²) in [6.45, 7) is 2.90. The van der Waals surface area contributed by atoms with Gasteiger partial charge >= 0.3 is 0 Å². The molecule has 2 atom stereocenters. The molecule has 0 aromatic rings. The van der Waals surface area contributed by atoms with Gasteiger partial charge in [0.15, 0.2) is 0 Å². The van der Waals surface area contributed by atoms with E-state index < -0.39 is 5.60 Å². The predicted molar refractivity (Wildman–Crippen MR) is 56.2 cm³/mol. The Balaban J connectivity index is 1.98. The third-order valence-electron chi connectivity index (χ3n) is 4.04. The molecule has 2 fully saturated rings. The molecule has 0 spiro atoms. The van der Waals surface area contributed by atoms with E-state index in [2.05, 4.69) is 6.92 Å². The highest BCUT2D eigenvalue weighted by atomic mass is 16.5. The fraction of sp³-hybridized carbons (Fsp3) is 1.00. The highest BCUT2D eigenvalue weighted by Crippen LogP contribution is 2.41. The lowest BCUT2D eigenvalue weighted by molar-refractivity contribution is -0.131. The van der Waals surface area contributed by atoms with Gasteiger partial charge in [-0.25, -0.2) is 0 Å². The van der Waals surface area contributed by atoms with Crippen molar-refractivity contribution in [2.45, 2.75) is 63.6 Å². The molecule has 2 aliphatic rings. The zero-order chi connectivity index (χ0) is 10.0. The van der Waals surface area contributed by atoms with Gasteiger partial charge in [0.1, 0.15) is 0 Å². The standard InChI is InChI=1S/C12H22O2/c1-2-11-9-12(13,7-8-14-11)10-5-3-4-6-10/h10-11,13H,2-9H2,1H3. The molecular formula is C12H22O2. The van der Waals surface area contributed by atoms with Gasteiger partial charge in [-0.1, -0.05) is 19.8 Å². The molecule has 1 saturated heterocycles. The highest BCUT2D eigenvalue weighted by Gasteiger charge is 2.41. The average molecular weight is 198 g/mol. The van der Waals surface area contributed by atoms with Crippen LogP contribution in [0.15, 0.2) is 0 Å². The van der Waals surface area contributed by atoms with Gasteiger partial charge in [0.2, 0.25) is 0 Å². The van der Waals surface area contributed by atoms with Gasteiger partial charge in [-0.2, -0.15) is 0 Å². The second-order valence-corrected chi connectivity index (χ2v) is 4.94. The van der Waals surface area contributed by atoms with Crippen LogP contribution in [-0.4, -0.2) is 23.4 Å². The molecule has 14 heavy (non-hydrogen) atoms. The second kappa shape index (κ2) is 4.19. The monoisotopic (exact) mass is 198 g/mol. The van der Waals surface area contributed by atoms with Crippen molar-refractivity contribution >= 4 is 0 Å². The van der Waals surface area contributed by atoms with Crippen molar-refractivity contribution in [2.75, 3.05) is 6.61 Å². The van der Waals surface area contributed by atoms with Crippen LogP contribution in [-0.2, 0) is 4.74 Å². The van der Waals surface area contributed by atoms with E-state index in [1.807, 2.05) is 0 Å². The van der Waals surface area contributed by atoms with Crippen LogP contribution >= 0.6 is 0 Å². The van der Waals surface area contributed by atoms with E-state index in [0.717, 1.165) is 25.9 Å². The van der Waals surface area contributed by atoms with Gasteiger partial charge in [-0.15, -0.1) is 0 Å². The average Bonchev–Trinajstić information content (AvgIpc) is 2.71. The minimum Gasteiger partial charge on any atom is -0.389 e. The maximum absolute atomic E-state index is 10.6. The lowest BCUT2D eigenvalue weighted by atomic mass is 9.77. The molecule has 2 unspecified atom stereocenters. The largest absolute Gasteiger partial charge is 0.389 e. The second-order valence-electron chi connectivity index (χ2n) is 4.94. The molecular weight excluding hydrogens is 176 g/mol. The van der Waals surface area contributed by atoms with E-state index in [-0.39, 0.29) is 0 Å². The van der Waals surface area contributed by atoms with Crippen molar-refractivity contribution < 1.29 is 9.84 Å². The summed E-state index contributed by atoms with van der Waals surface area (Å²) in [7, 11) is 0. The summed E-state index contributed by atoms with van der Waals surface area (Å²) in [6, 6.07) is 0. The molecule has 0 amide bonds. The van der Waals surface area contributed by atoms with Crippen LogP contribution in [0.1, 0.15) is 51.9 Å². The lowest BCUT2D eigenvalue weighted by Crippen LogP contribution is -2.45. The Hall–Kier alpha value is -0.0800. The molecule has 1 heterocycles. The van der Waals surface area contributed by atoms with E-state index in [1.54, 1.807) is 0 Å². The van der Waals surface area contributed by atoms with Crippen molar-refractivity contribution in [2.24, 2.45) is 5.92 Å². The maximum Gasteiger partial charge on any atom is 0.0722 e. The fourth-order valence-electron chi connectivity index (χ4n) is 3.05. The molecule has 82 valence electrons. The summed E-state index contributed by atoms with van der Waals surface area (Å²) in [6.07, 6.45) is 8.14. The molecule has 0 radical (unpaired) electrons. The first-order valence-electron chi connectivity index (χ1n) is 6.08. The molecule has 1 N–H and O–H groups in total. The van der Waals surface area contributed by atoms with Gasteiger partial charge in [-0.05, 0) is 31.6 Å². The number of aliphatic hydroxyl groups is 1. The first-order valence-corrected chi connectivity index (χ1v) is 6.08. The van der Waals surface area contributed by atoms with Gasteiger partial charge in [-0.3, -0.25) is 0 Å². The third kappa shape index (κ3) is 1.96. The van der Waals surface area contributed by atoms with E-state index in [9.17, 15) is 5.11 Å². The number of ether oxygens (including phenoxy) is 1. The van der Waals surface area contributed by atoms with Crippen molar-refractivity contribution in [3.63, 3.8) is 0 Å². The van der Waals surface area contributed by atoms with Crippen LogP contribution in [0.2, 0.25) is 0 Å². The minimum atomic E-state index is -0.393. The summed E-state index contributed by atoms with van der Waals surface area (Å²) >= 11 is 0. The Morgan fingerprint density at radius 2 is 2.07 bits per heavy atom. The zero-order valence-corrected chi connectivity index (χ0v) is 9.17. The molecule has 0 aromatic carbocycles.